The molecule has 0 aromatic carbocycles. The molecule has 1 unspecified atom stereocenters. The molecule has 144 valence electrons. The summed E-state index contributed by atoms with van der Waals surface area (Å²) in [5.74, 6) is 0.867. The van der Waals surface area contributed by atoms with Gasteiger partial charge in [0.25, 0.3) is 0 Å². The van der Waals surface area contributed by atoms with Crippen LogP contribution < -0.4 is 5.32 Å². The van der Waals surface area contributed by atoms with Crippen LogP contribution in [0.5, 0.6) is 0 Å². The molecule has 1 fully saturated rings. The molecule has 1 amide bonds. The van der Waals surface area contributed by atoms with E-state index < -0.39 is 0 Å². The summed E-state index contributed by atoms with van der Waals surface area (Å²) in [5, 5.41) is 2.96. The fourth-order valence-corrected chi connectivity index (χ4v) is 3.04. The summed E-state index contributed by atoms with van der Waals surface area (Å²) >= 11 is 3.53. The monoisotopic (exact) mass is 420 g/mol. The van der Waals surface area contributed by atoms with E-state index in [4.69, 9.17) is 0 Å². The molecule has 0 saturated heterocycles. The lowest BCUT2D eigenvalue weighted by Gasteiger charge is -2.24. The summed E-state index contributed by atoms with van der Waals surface area (Å²) < 4.78 is 0.831. The zero-order valence-electron chi connectivity index (χ0n) is 17.0. The van der Waals surface area contributed by atoms with Crippen molar-refractivity contribution < 1.29 is 4.79 Å². The number of amides is 1. The molecule has 26 heavy (non-hydrogen) atoms. The van der Waals surface area contributed by atoms with E-state index in [-0.39, 0.29) is 17.2 Å². The summed E-state index contributed by atoms with van der Waals surface area (Å²) in [6, 6.07) is 2.03. The van der Waals surface area contributed by atoms with Crippen molar-refractivity contribution in [2.75, 3.05) is 5.32 Å². The maximum absolute atomic E-state index is 12.1. The first-order chi connectivity index (χ1) is 12.5. The quantitative estimate of drug-likeness (QED) is 0.566. The van der Waals surface area contributed by atoms with Crippen LogP contribution in [0.1, 0.15) is 78.5 Å². The number of hydrogen-bond donors (Lipinski definition) is 1. The van der Waals surface area contributed by atoms with Crippen molar-refractivity contribution in [3.63, 3.8) is 0 Å². The van der Waals surface area contributed by atoms with Crippen molar-refractivity contribution in [2.45, 2.75) is 67.2 Å². The minimum atomic E-state index is 0.0581. The average molecular weight is 421 g/mol. The Balaban J connectivity index is 0.000000791. The molecule has 2 aliphatic carbocycles. The number of fused-ring (bicyclic) bond motifs is 1. The minimum Gasteiger partial charge on any atom is -0.309 e. The van der Waals surface area contributed by atoms with Crippen LogP contribution in [-0.4, -0.2) is 10.9 Å². The van der Waals surface area contributed by atoms with Gasteiger partial charge in [0, 0.05) is 16.9 Å². The maximum atomic E-state index is 12.1. The average Bonchev–Trinajstić information content (AvgIpc) is 2.77. The van der Waals surface area contributed by atoms with Crippen LogP contribution >= 0.6 is 15.9 Å². The Labute approximate surface area is 167 Å². The van der Waals surface area contributed by atoms with E-state index in [1.54, 1.807) is 0 Å². The van der Waals surface area contributed by atoms with E-state index in [2.05, 4.69) is 64.4 Å². The predicted molar refractivity (Wildman–Crippen MR) is 117 cm³/mol. The minimum absolute atomic E-state index is 0.0581. The van der Waals surface area contributed by atoms with Crippen LogP contribution in [0.25, 0.3) is 12.2 Å². The Bertz CT molecular complexity index is 662. The third kappa shape index (κ3) is 5.54. The molecule has 1 heterocycles. The van der Waals surface area contributed by atoms with E-state index in [1.165, 1.54) is 0 Å². The number of rotatable bonds is 3. The molecule has 0 aliphatic heterocycles. The largest absolute Gasteiger partial charge is 0.309 e. The third-order valence-corrected chi connectivity index (χ3v) is 5.39. The highest BCUT2D eigenvalue weighted by Gasteiger charge is 2.26. The van der Waals surface area contributed by atoms with Crippen molar-refractivity contribution in [3.05, 3.63) is 33.9 Å². The molecule has 2 aliphatic rings. The number of aromatic nitrogens is 1. The molecule has 1 saturated carbocycles. The molecule has 3 nitrogen and oxygen atoms in total. The molecular weight excluding hydrogens is 388 g/mol. The number of carbonyl (C=O) groups excluding carboxylic acids is 1. The SMILES string of the molecule is CC.CC.CCC1(C)C=Cc2cc(Br)c(NC(=O)C3CCC3)nc2C=C1. The molecule has 1 aromatic heterocycles. The van der Waals surface area contributed by atoms with Gasteiger partial charge in [-0.1, -0.05) is 66.2 Å². The number of hydrogen-bond acceptors (Lipinski definition) is 2. The van der Waals surface area contributed by atoms with Crippen molar-refractivity contribution >= 4 is 39.8 Å². The van der Waals surface area contributed by atoms with E-state index >= 15 is 0 Å². The highest BCUT2D eigenvalue weighted by molar-refractivity contribution is 9.10. The van der Waals surface area contributed by atoms with Gasteiger partial charge in [0.2, 0.25) is 5.91 Å². The van der Waals surface area contributed by atoms with Gasteiger partial charge in [-0.05, 0) is 47.3 Å². The number of nitrogens with zero attached hydrogens (tertiary/aromatic N) is 1. The fourth-order valence-electron chi connectivity index (χ4n) is 2.60. The zero-order valence-corrected chi connectivity index (χ0v) is 18.6. The lowest BCUT2D eigenvalue weighted by Crippen LogP contribution is -2.28. The number of anilines is 1. The number of nitrogens with one attached hydrogen (secondary N) is 1. The van der Waals surface area contributed by atoms with Gasteiger partial charge in [-0.2, -0.15) is 0 Å². The van der Waals surface area contributed by atoms with Crippen molar-refractivity contribution in [3.8, 4) is 0 Å². The van der Waals surface area contributed by atoms with Gasteiger partial charge in [-0.25, -0.2) is 4.98 Å². The van der Waals surface area contributed by atoms with Gasteiger partial charge in [0.05, 0.1) is 10.2 Å². The van der Waals surface area contributed by atoms with Gasteiger partial charge in [-0.3, -0.25) is 4.79 Å². The normalized spacial score (nSPS) is 20.4. The van der Waals surface area contributed by atoms with Gasteiger partial charge in [0.15, 0.2) is 0 Å². The number of halogens is 1. The first-order valence-electron chi connectivity index (χ1n) is 9.90. The van der Waals surface area contributed by atoms with Gasteiger partial charge >= 0.3 is 0 Å². The van der Waals surface area contributed by atoms with E-state index in [0.29, 0.717) is 5.82 Å². The summed E-state index contributed by atoms with van der Waals surface area (Å²) in [6.07, 6.45) is 12.8. The maximum Gasteiger partial charge on any atom is 0.228 e. The summed E-state index contributed by atoms with van der Waals surface area (Å²) in [5.41, 5.74) is 2.03. The molecular formula is C22H33BrN2O. The second-order valence-corrected chi connectivity index (χ2v) is 7.29. The smallest absolute Gasteiger partial charge is 0.228 e. The van der Waals surface area contributed by atoms with Crippen LogP contribution in [0.2, 0.25) is 0 Å². The molecule has 0 radical (unpaired) electrons. The van der Waals surface area contributed by atoms with Crippen LogP contribution in [0.4, 0.5) is 5.82 Å². The highest BCUT2D eigenvalue weighted by Crippen LogP contribution is 2.34. The fraction of sp³-hybridized carbons (Fsp3) is 0.545. The van der Waals surface area contributed by atoms with Crippen LogP contribution in [-0.2, 0) is 4.79 Å². The van der Waals surface area contributed by atoms with Gasteiger partial charge in [0.1, 0.15) is 5.82 Å². The lowest BCUT2D eigenvalue weighted by atomic mass is 9.85. The molecule has 1 aromatic rings. The van der Waals surface area contributed by atoms with E-state index in [0.717, 1.165) is 41.4 Å². The second kappa shape index (κ2) is 10.7. The van der Waals surface area contributed by atoms with E-state index in [9.17, 15) is 4.79 Å². The summed E-state index contributed by atoms with van der Waals surface area (Å²) in [6.45, 7) is 12.4. The summed E-state index contributed by atoms with van der Waals surface area (Å²) in [7, 11) is 0. The lowest BCUT2D eigenvalue weighted by molar-refractivity contribution is -0.122. The van der Waals surface area contributed by atoms with Crippen molar-refractivity contribution in [2.24, 2.45) is 11.3 Å². The van der Waals surface area contributed by atoms with E-state index in [1.807, 2.05) is 33.8 Å². The number of allylic oxidation sites excluding steroid dienone is 2. The Hall–Kier alpha value is -1.42. The van der Waals surface area contributed by atoms with Gasteiger partial charge in [-0.15, -0.1) is 0 Å². The van der Waals surface area contributed by atoms with Crippen LogP contribution in [0, 0.1) is 11.3 Å². The second-order valence-electron chi connectivity index (χ2n) is 6.44. The van der Waals surface area contributed by atoms with Crippen molar-refractivity contribution in [1.82, 2.24) is 4.98 Å². The van der Waals surface area contributed by atoms with Crippen LogP contribution in [0.3, 0.4) is 0 Å². The molecule has 0 bridgehead atoms. The van der Waals surface area contributed by atoms with Gasteiger partial charge < -0.3 is 5.32 Å². The topological polar surface area (TPSA) is 42.0 Å². The third-order valence-electron chi connectivity index (χ3n) is 4.78. The van der Waals surface area contributed by atoms with Crippen LogP contribution in [0.15, 0.2) is 22.7 Å². The highest BCUT2D eigenvalue weighted by atomic mass is 79.9. The Kier molecular flexibility index (Phi) is 9.28. The zero-order chi connectivity index (χ0) is 19.7. The Morgan fingerprint density at radius 2 is 1.85 bits per heavy atom. The molecule has 4 heteroatoms. The molecule has 1 N–H and O–H groups in total. The first-order valence-corrected chi connectivity index (χ1v) is 10.7. The molecule has 3 rings (SSSR count). The Morgan fingerprint density at radius 3 is 2.38 bits per heavy atom. The molecule has 1 atom stereocenters. The number of pyridine rings is 1. The summed E-state index contributed by atoms with van der Waals surface area (Å²) in [4.78, 5) is 16.8. The number of carbonyl (C=O) groups is 1. The molecule has 0 spiro atoms. The van der Waals surface area contributed by atoms with Crippen molar-refractivity contribution in [1.29, 1.82) is 0 Å². The first kappa shape index (κ1) is 22.6. The Morgan fingerprint density at radius 1 is 1.23 bits per heavy atom. The standard InChI is InChI=1S/C18H21BrN2O.2C2H6/c1-3-18(2)9-7-13-11-14(19)16(20-15(13)8-10-18)21-17(22)12-5-4-6-12;2*1-2/h7-12H,3-6H2,1-2H3,(H,20,21,22);2*1-2H3. The predicted octanol–water partition coefficient (Wildman–Crippen LogP) is 7.09.